The maximum absolute atomic E-state index is 12.0. The van der Waals surface area contributed by atoms with Crippen LogP contribution in [0.2, 0.25) is 0 Å². The van der Waals surface area contributed by atoms with Gasteiger partial charge in [0, 0.05) is 48.8 Å². The highest BCUT2D eigenvalue weighted by molar-refractivity contribution is 5.80. The van der Waals surface area contributed by atoms with Gasteiger partial charge in [0.15, 0.2) is 0 Å². The smallest absolute Gasteiger partial charge is 0.250 e. The van der Waals surface area contributed by atoms with Crippen molar-refractivity contribution in [3.63, 3.8) is 0 Å². The summed E-state index contributed by atoms with van der Waals surface area (Å²) in [6.45, 7) is 4.96. The number of aromatic nitrogens is 3. The molecule has 0 radical (unpaired) electrons. The molecule has 3 aromatic heterocycles. The van der Waals surface area contributed by atoms with Gasteiger partial charge in [-0.1, -0.05) is 6.07 Å². The van der Waals surface area contributed by atoms with E-state index < -0.39 is 0 Å². The molecular weight excluding hydrogens is 412 g/mol. The van der Waals surface area contributed by atoms with E-state index in [9.17, 15) is 4.79 Å². The van der Waals surface area contributed by atoms with Crippen molar-refractivity contribution in [2.75, 3.05) is 13.2 Å². The lowest BCUT2D eigenvalue weighted by Crippen LogP contribution is -2.18. The lowest BCUT2D eigenvalue weighted by Gasteiger charge is -2.11. The van der Waals surface area contributed by atoms with Crippen molar-refractivity contribution in [3.05, 3.63) is 100 Å². The van der Waals surface area contributed by atoms with E-state index in [2.05, 4.69) is 33.5 Å². The van der Waals surface area contributed by atoms with Crippen molar-refractivity contribution in [2.24, 2.45) is 0 Å². The second kappa shape index (κ2) is 11.4. The molecule has 6 heteroatoms. The zero-order valence-electron chi connectivity index (χ0n) is 19.0. The molecule has 1 N–H and O–H groups in total. The van der Waals surface area contributed by atoms with Crippen LogP contribution in [0.25, 0.3) is 10.9 Å². The van der Waals surface area contributed by atoms with Crippen LogP contribution < -0.4 is 15.6 Å². The molecule has 0 fully saturated rings. The van der Waals surface area contributed by atoms with E-state index in [1.54, 1.807) is 16.8 Å². The largest absolute Gasteiger partial charge is 0.494 e. The number of aryl methyl sites for hydroxylation is 3. The third-order valence-electron chi connectivity index (χ3n) is 5.65. The maximum atomic E-state index is 12.0. The van der Waals surface area contributed by atoms with Gasteiger partial charge in [-0.05, 0) is 86.3 Å². The van der Waals surface area contributed by atoms with Crippen molar-refractivity contribution in [3.8, 4) is 5.75 Å². The highest BCUT2D eigenvalue weighted by Crippen LogP contribution is 2.20. The molecule has 0 aliphatic heterocycles. The molecule has 4 aromatic rings. The fraction of sp³-hybridized carbons (Fsp3) is 0.296. The molecule has 1 aromatic carbocycles. The maximum Gasteiger partial charge on any atom is 0.250 e. The van der Waals surface area contributed by atoms with Crippen LogP contribution in [0.1, 0.15) is 30.2 Å². The highest BCUT2D eigenvalue weighted by atomic mass is 16.5. The van der Waals surface area contributed by atoms with Gasteiger partial charge in [-0.2, -0.15) is 0 Å². The number of fused-ring (bicyclic) bond motifs is 1. The molecule has 0 aliphatic carbocycles. The first-order chi connectivity index (χ1) is 16.2. The quantitative estimate of drug-likeness (QED) is 0.353. The lowest BCUT2D eigenvalue weighted by molar-refractivity contribution is 0.308. The zero-order chi connectivity index (χ0) is 22.9. The van der Waals surface area contributed by atoms with Crippen LogP contribution in [0.5, 0.6) is 5.75 Å². The van der Waals surface area contributed by atoms with Crippen LogP contribution in [0, 0.1) is 0 Å². The summed E-state index contributed by atoms with van der Waals surface area (Å²) in [5, 5.41) is 4.50. The molecule has 0 amide bonds. The summed E-state index contributed by atoms with van der Waals surface area (Å²) in [6, 6.07) is 17.7. The van der Waals surface area contributed by atoms with Gasteiger partial charge in [0.2, 0.25) is 0 Å². The molecule has 170 valence electrons. The molecule has 0 saturated carbocycles. The molecule has 6 nitrogen and oxygen atoms in total. The van der Waals surface area contributed by atoms with E-state index in [-0.39, 0.29) is 5.56 Å². The summed E-state index contributed by atoms with van der Waals surface area (Å²) in [6.07, 6.45) is 8.36. The van der Waals surface area contributed by atoms with Gasteiger partial charge in [0.25, 0.3) is 5.56 Å². The minimum absolute atomic E-state index is 0.0274. The molecular formula is C27H30N4O2. The van der Waals surface area contributed by atoms with Crippen molar-refractivity contribution >= 4 is 10.9 Å². The molecule has 0 atom stereocenters. The van der Waals surface area contributed by atoms with Crippen LogP contribution >= 0.6 is 0 Å². The number of pyridine rings is 3. The zero-order valence-corrected chi connectivity index (χ0v) is 19.0. The normalized spacial score (nSPS) is 11.1. The second-order valence-electron chi connectivity index (χ2n) is 8.03. The summed E-state index contributed by atoms with van der Waals surface area (Å²) in [7, 11) is 0. The standard InChI is InChI=1S/C27H30N4O2/c1-2-31-26-10-9-25(18-23(26)7-11-27(31)32)33-16-4-14-29-20-22-12-15-30-24(17-22)8-6-21-5-3-13-28-19-21/h3,5,7,9-13,15,17-19,29H,2,4,6,8,14,16,20H2,1H3. The number of hydrogen-bond donors (Lipinski definition) is 1. The van der Waals surface area contributed by atoms with Crippen molar-refractivity contribution < 1.29 is 4.74 Å². The SMILES string of the molecule is CCn1c(=O)ccc2cc(OCCCNCc3ccnc(CCc4cccnc4)c3)ccc21. The molecule has 0 aliphatic rings. The minimum Gasteiger partial charge on any atom is -0.494 e. The minimum atomic E-state index is 0.0274. The van der Waals surface area contributed by atoms with E-state index in [1.165, 1.54) is 11.1 Å². The third kappa shape index (κ3) is 6.26. The number of benzene rings is 1. The van der Waals surface area contributed by atoms with Gasteiger partial charge in [0.1, 0.15) is 5.75 Å². The molecule has 0 unspecified atom stereocenters. The first-order valence-electron chi connectivity index (χ1n) is 11.5. The Kier molecular flexibility index (Phi) is 7.82. The van der Waals surface area contributed by atoms with Gasteiger partial charge in [-0.25, -0.2) is 0 Å². The summed E-state index contributed by atoms with van der Waals surface area (Å²) in [5.41, 5.74) is 4.54. The molecule has 0 bridgehead atoms. The first-order valence-corrected chi connectivity index (χ1v) is 11.5. The van der Waals surface area contributed by atoms with E-state index in [0.717, 1.165) is 54.7 Å². The predicted molar refractivity (Wildman–Crippen MR) is 132 cm³/mol. The van der Waals surface area contributed by atoms with Gasteiger partial charge < -0.3 is 14.6 Å². The van der Waals surface area contributed by atoms with E-state index in [4.69, 9.17) is 4.74 Å². The molecule has 0 saturated heterocycles. The average Bonchev–Trinajstić information content (AvgIpc) is 2.86. The Morgan fingerprint density at radius 1 is 1.00 bits per heavy atom. The summed E-state index contributed by atoms with van der Waals surface area (Å²) in [5.74, 6) is 0.830. The van der Waals surface area contributed by atoms with Crippen LogP contribution in [0.3, 0.4) is 0 Å². The highest BCUT2D eigenvalue weighted by Gasteiger charge is 2.04. The topological polar surface area (TPSA) is 69.0 Å². The van der Waals surface area contributed by atoms with Gasteiger partial charge in [-0.15, -0.1) is 0 Å². The van der Waals surface area contributed by atoms with Crippen molar-refractivity contribution in [1.29, 1.82) is 0 Å². The van der Waals surface area contributed by atoms with Gasteiger partial charge in [-0.3, -0.25) is 14.8 Å². The monoisotopic (exact) mass is 442 g/mol. The van der Waals surface area contributed by atoms with E-state index >= 15 is 0 Å². The van der Waals surface area contributed by atoms with Crippen LogP contribution in [0.15, 0.2) is 78.0 Å². The average molecular weight is 443 g/mol. The summed E-state index contributed by atoms with van der Waals surface area (Å²) in [4.78, 5) is 20.6. The Morgan fingerprint density at radius 3 is 2.79 bits per heavy atom. The number of nitrogens with zero attached hydrogens (tertiary/aromatic N) is 3. The third-order valence-corrected chi connectivity index (χ3v) is 5.65. The number of nitrogens with one attached hydrogen (secondary N) is 1. The van der Waals surface area contributed by atoms with Crippen LogP contribution in [-0.4, -0.2) is 27.7 Å². The Hall–Kier alpha value is -3.51. The van der Waals surface area contributed by atoms with Crippen LogP contribution in [0.4, 0.5) is 0 Å². The Bertz CT molecular complexity index is 1240. The summed E-state index contributed by atoms with van der Waals surface area (Å²) < 4.78 is 7.69. The Balaban J connectivity index is 1.19. The van der Waals surface area contributed by atoms with E-state index in [0.29, 0.717) is 13.2 Å². The molecule has 3 heterocycles. The number of hydrogen-bond acceptors (Lipinski definition) is 5. The Labute approximate surface area is 194 Å². The van der Waals surface area contributed by atoms with Crippen molar-refractivity contribution in [2.45, 2.75) is 39.3 Å². The lowest BCUT2D eigenvalue weighted by atomic mass is 10.1. The van der Waals surface area contributed by atoms with E-state index in [1.807, 2.05) is 49.6 Å². The predicted octanol–water partition coefficient (Wildman–Crippen LogP) is 4.16. The fourth-order valence-electron chi connectivity index (χ4n) is 3.91. The molecule has 33 heavy (non-hydrogen) atoms. The fourth-order valence-corrected chi connectivity index (χ4v) is 3.91. The Morgan fingerprint density at radius 2 is 1.94 bits per heavy atom. The number of rotatable bonds is 11. The molecule has 4 rings (SSSR count). The first kappa shape index (κ1) is 22.7. The van der Waals surface area contributed by atoms with Crippen molar-refractivity contribution in [1.82, 2.24) is 19.9 Å². The van der Waals surface area contributed by atoms with Crippen LogP contribution in [-0.2, 0) is 25.9 Å². The summed E-state index contributed by atoms with van der Waals surface area (Å²) >= 11 is 0. The second-order valence-corrected chi connectivity index (χ2v) is 8.03. The van der Waals surface area contributed by atoms with Gasteiger partial charge >= 0.3 is 0 Å². The number of ether oxygens (including phenoxy) is 1. The molecule has 0 spiro atoms. The van der Waals surface area contributed by atoms with Gasteiger partial charge in [0.05, 0.1) is 12.1 Å².